The maximum atomic E-state index is 13.0. The molecule has 0 bridgehead atoms. The Labute approximate surface area is 172 Å². The molecule has 2 fully saturated rings. The number of piperidine rings is 1. The molecule has 2 saturated heterocycles. The molecule has 3 aliphatic heterocycles. The van der Waals surface area contributed by atoms with Gasteiger partial charge in [-0.2, -0.15) is 4.31 Å². The van der Waals surface area contributed by atoms with Crippen LogP contribution in [-0.4, -0.2) is 82.6 Å². The van der Waals surface area contributed by atoms with Crippen LogP contribution >= 0.6 is 0 Å². The summed E-state index contributed by atoms with van der Waals surface area (Å²) >= 11 is 0. The van der Waals surface area contributed by atoms with E-state index in [0.717, 1.165) is 24.4 Å². The van der Waals surface area contributed by atoms with Gasteiger partial charge in [-0.25, -0.2) is 8.42 Å². The summed E-state index contributed by atoms with van der Waals surface area (Å²) in [5.74, 6) is 1.81. The van der Waals surface area contributed by atoms with E-state index in [4.69, 9.17) is 9.47 Å². The number of rotatable bonds is 4. The highest BCUT2D eigenvalue weighted by molar-refractivity contribution is 7.89. The van der Waals surface area contributed by atoms with Gasteiger partial charge in [0.1, 0.15) is 13.2 Å². The van der Waals surface area contributed by atoms with Crippen molar-refractivity contribution >= 4 is 15.9 Å². The van der Waals surface area contributed by atoms with Crippen molar-refractivity contribution in [3.8, 4) is 11.5 Å². The zero-order chi connectivity index (χ0) is 20.4. The number of nitrogens with one attached hydrogen (secondary N) is 1. The molecule has 1 amide bonds. The van der Waals surface area contributed by atoms with Crippen LogP contribution in [0.5, 0.6) is 11.5 Å². The van der Waals surface area contributed by atoms with E-state index in [1.807, 2.05) is 4.90 Å². The van der Waals surface area contributed by atoms with Gasteiger partial charge in [0, 0.05) is 19.2 Å². The monoisotopic (exact) mass is 424 g/mol. The Balaban J connectivity index is 1.34. The lowest BCUT2D eigenvalue weighted by molar-refractivity contribution is -0.896. The highest BCUT2D eigenvalue weighted by Crippen LogP contribution is 2.33. The summed E-state index contributed by atoms with van der Waals surface area (Å²) < 4.78 is 38.6. The van der Waals surface area contributed by atoms with Crippen molar-refractivity contribution in [1.82, 2.24) is 9.21 Å². The molecule has 0 spiro atoms. The molecular formula is C20H30N3O5S+. The number of quaternary nitrogens is 1. The van der Waals surface area contributed by atoms with E-state index in [2.05, 4.69) is 6.92 Å². The average Bonchev–Trinajstić information content (AvgIpc) is 2.74. The summed E-state index contributed by atoms with van der Waals surface area (Å²) in [5, 5.41) is 0. The Kier molecular flexibility index (Phi) is 5.98. The molecule has 1 N–H and O–H groups in total. The molecule has 9 heteroatoms. The molecular weight excluding hydrogens is 394 g/mol. The molecule has 0 aromatic heterocycles. The molecule has 0 unspecified atom stereocenters. The van der Waals surface area contributed by atoms with Gasteiger partial charge in [-0.15, -0.1) is 0 Å². The molecule has 0 saturated carbocycles. The van der Waals surface area contributed by atoms with E-state index in [9.17, 15) is 13.2 Å². The van der Waals surface area contributed by atoms with Gasteiger partial charge in [0.25, 0.3) is 5.91 Å². The Morgan fingerprint density at radius 2 is 1.86 bits per heavy atom. The maximum Gasteiger partial charge on any atom is 0.277 e. The standard InChI is InChI=1S/C20H29N3O5S/c1-16-3-2-6-22(14-16)20(24)15-21-7-9-23(10-8-21)29(25,26)17-4-5-18-19(13-17)28-12-11-27-18/h4-5,13,16H,2-3,6-12,14-15H2,1H3/p+1/t16-/m0/s1. The van der Waals surface area contributed by atoms with Gasteiger partial charge >= 0.3 is 0 Å². The van der Waals surface area contributed by atoms with Crippen LogP contribution in [0, 0.1) is 5.92 Å². The van der Waals surface area contributed by atoms with Crippen molar-refractivity contribution in [1.29, 1.82) is 0 Å². The summed E-state index contributed by atoms with van der Waals surface area (Å²) in [6.45, 7) is 7.32. The maximum absolute atomic E-state index is 13.0. The number of ether oxygens (including phenoxy) is 2. The number of sulfonamides is 1. The number of likely N-dealkylation sites (tertiary alicyclic amines) is 1. The summed E-state index contributed by atoms with van der Waals surface area (Å²) in [7, 11) is -3.59. The topological polar surface area (TPSA) is 80.6 Å². The minimum Gasteiger partial charge on any atom is -0.486 e. The van der Waals surface area contributed by atoms with Crippen LogP contribution < -0.4 is 14.4 Å². The molecule has 3 heterocycles. The van der Waals surface area contributed by atoms with Crippen molar-refractivity contribution in [2.75, 3.05) is 59.0 Å². The van der Waals surface area contributed by atoms with E-state index in [1.165, 1.54) is 10.7 Å². The van der Waals surface area contributed by atoms with Gasteiger partial charge in [0.15, 0.2) is 18.0 Å². The second-order valence-corrected chi connectivity index (χ2v) is 10.2. The number of amides is 1. The fourth-order valence-electron chi connectivity index (χ4n) is 4.29. The molecule has 4 rings (SSSR count). The number of piperazine rings is 1. The van der Waals surface area contributed by atoms with Gasteiger partial charge < -0.3 is 19.3 Å². The van der Waals surface area contributed by atoms with Gasteiger partial charge in [-0.3, -0.25) is 4.79 Å². The fourth-order valence-corrected chi connectivity index (χ4v) is 5.75. The first-order chi connectivity index (χ1) is 13.9. The summed E-state index contributed by atoms with van der Waals surface area (Å²) in [6, 6.07) is 4.77. The van der Waals surface area contributed by atoms with Gasteiger partial charge in [0.2, 0.25) is 10.0 Å². The largest absolute Gasteiger partial charge is 0.486 e. The lowest BCUT2D eigenvalue weighted by Gasteiger charge is -2.34. The first kappa shape index (κ1) is 20.4. The zero-order valence-corrected chi connectivity index (χ0v) is 17.7. The average molecular weight is 425 g/mol. The summed E-state index contributed by atoms with van der Waals surface area (Å²) in [4.78, 5) is 15.9. The third-order valence-electron chi connectivity index (χ3n) is 5.99. The Morgan fingerprint density at radius 1 is 1.14 bits per heavy atom. The third-order valence-corrected chi connectivity index (χ3v) is 7.89. The minimum atomic E-state index is -3.59. The SMILES string of the molecule is C[C@H]1CCCN(C(=O)C[NH+]2CCN(S(=O)(=O)c3ccc4c(c3)OCCO4)CC2)C1. The van der Waals surface area contributed by atoms with E-state index in [0.29, 0.717) is 63.4 Å². The first-order valence-electron chi connectivity index (χ1n) is 10.4. The number of carbonyl (C=O) groups is 1. The van der Waals surface area contributed by atoms with Crippen molar-refractivity contribution in [2.45, 2.75) is 24.7 Å². The van der Waals surface area contributed by atoms with E-state index >= 15 is 0 Å². The normalized spacial score (nSPS) is 23.8. The van der Waals surface area contributed by atoms with Crippen LogP contribution in [0.1, 0.15) is 19.8 Å². The fraction of sp³-hybridized carbons (Fsp3) is 0.650. The molecule has 1 atom stereocenters. The van der Waals surface area contributed by atoms with Crippen molar-refractivity contribution in [2.24, 2.45) is 5.92 Å². The molecule has 3 aliphatic rings. The molecule has 8 nitrogen and oxygen atoms in total. The van der Waals surface area contributed by atoms with Crippen molar-refractivity contribution in [3.63, 3.8) is 0 Å². The number of hydrogen-bond donors (Lipinski definition) is 1. The third kappa shape index (κ3) is 4.51. The van der Waals surface area contributed by atoms with Gasteiger partial charge in [0.05, 0.1) is 31.1 Å². The Morgan fingerprint density at radius 3 is 2.59 bits per heavy atom. The molecule has 160 valence electrons. The summed E-state index contributed by atoms with van der Waals surface area (Å²) in [6.07, 6.45) is 2.26. The van der Waals surface area contributed by atoms with Crippen LogP contribution in [-0.2, 0) is 14.8 Å². The van der Waals surface area contributed by atoms with Crippen LogP contribution in [0.3, 0.4) is 0 Å². The first-order valence-corrected chi connectivity index (χ1v) is 11.9. The van der Waals surface area contributed by atoms with Gasteiger partial charge in [-0.1, -0.05) is 6.92 Å². The van der Waals surface area contributed by atoms with E-state index < -0.39 is 10.0 Å². The smallest absolute Gasteiger partial charge is 0.277 e. The number of carbonyl (C=O) groups excluding carboxylic acids is 1. The van der Waals surface area contributed by atoms with Crippen molar-refractivity contribution < 1.29 is 27.6 Å². The molecule has 0 aliphatic carbocycles. The number of fused-ring (bicyclic) bond motifs is 1. The molecule has 1 aromatic rings. The van der Waals surface area contributed by atoms with Crippen molar-refractivity contribution in [3.05, 3.63) is 18.2 Å². The minimum absolute atomic E-state index is 0.190. The van der Waals surface area contributed by atoms with Crippen LogP contribution in [0.25, 0.3) is 0 Å². The predicted molar refractivity (Wildman–Crippen MR) is 107 cm³/mol. The quantitative estimate of drug-likeness (QED) is 0.712. The highest BCUT2D eigenvalue weighted by atomic mass is 32.2. The summed E-state index contributed by atoms with van der Waals surface area (Å²) in [5.41, 5.74) is 0. The number of nitrogens with zero attached hydrogens (tertiary/aromatic N) is 2. The lowest BCUT2D eigenvalue weighted by atomic mass is 10.0. The number of hydrogen-bond acceptors (Lipinski definition) is 5. The Bertz CT molecular complexity index is 852. The zero-order valence-electron chi connectivity index (χ0n) is 16.9. The van der Waals surface area contributed by atoms with Gasteiger partial charge in [-0.05, 0) is 30.9 Å². The predicted octanol–water partition coefficient (Wildman–Crippen LogP) is -0.394. The Hall–Kier alpha value is -1.84. The lowest BCUT2D eigenvalue weighted by Crippen LogP contribution is -3.15. The van der Waals surface area contributed by atoms with Crippen LogP contribution in [0.4, 0.5) is 0 Å². The van der Waals surface area contributed by atoms with E-state index in [1.54, 1.807) is 18.2 Å². The molecule has 1 aromatic carbocycles. The second-order valence-electron chi connectivity index (χ2n) is 8.22. The molecule has 0 radical (unpaired) electrons. The highest BCUT2D eigenvalue weighted by Gasteiger charge is 2.33. The van der Waals surface area contributed by atoms with E-state index in [-0.39, 0.29) is 10.8 Å². The second kappa shape index (κ2) is 8.49. The number of benzene rings is 1. The molecule has 29 heavy (non-hydrogen) atoms. The van der Waals surface area contributed by atoms with Crippen LogP contribution in [0.2, 0.25) is 0 Å². The van der Waals surface area contributed by atoms with Crippen LogP contribution in [0.15, 0.2) is 23.1 Å².